The van der Waals surface area contributed by atoms with Crippen LogP contribution in [0.1, 0.15) is 38.4 Å². The lowest BCUT2D eigenvalue weighted by molar-refractivity contribution is 0.446. The SMILES string of the molecule is CC[C@@H]1CCCCN1c1cc(NC)nc(C)n1. The van der Waals surface area contributed by atoms with Crippen LogP contribution in [0.15, 0.2) is 6.07 Å². The third-order valence-electron chi connectivity index (χ3n) is 3.47. The molecule has 4 nitrogen and oxygen atoms in total. The summed E-state index contributed by atoms with van der Waals surface area (Å²) < 4.78 is 0. The van der Waals surface area contributed by atoms with E-state index in [1.54, 1.807) is 0 Å². The Labute approximate surface area is 103 Å². The fraction of sp³-hybridized carbons (Fsp3) is 0.692. The first-order chi connectivity index (χ1) is 8.24. The molecule has 0 bridgehead atoms. The number of aryl methyl sites for hydroxylation is 1. The van der Waals surface area contributed by atoms with E-state index in [9.17, 15) is 0 Å². The zero-order chi connectivity index (χ0) is 12.3. The Balaban J connectivity index is 2.27. The highest BCUT2D eigenvalue weighted by atomic mass is 15.2. The fourth-order valence-electron chi connectivity index (χ4n) is 2.55. The van der Waals surface area contributed by atoms with Crippen molar-refractivity contribution in [2.45, 2.75) is 45.6 Å². The van der Waals surface area contributed by atoms with Gasteiger partial charge in [-0.15, -0.1) is 0 Å². The van der Waals surface area contributed by atoms with Crippen molar-refractivity contribution in [1.82, 2.24) is 9.97 Å². The number of hydrogen-bond acceptors (Lipinski definition) is 4. The number of nitrogens with zero attached hydrogens (tertiary/aromatic N) is 3. The van der Waals surface area contributed by atoms with Gasteiger partial charge in [-0.25, -0.2) is 9.97 Å². The number of rotatable bonds is 3. The van der Waals surface area contributed by atoms with E-state index in [0.29, 0.717) is 6.04 Å². The van der Waals surface area contributed by atoms with Gasteiger partial charge >= 0.3 is 0 Å². The fourth-order valence-corrected chi connectivity index (χ4v) is 2.55. The highest BCUT2D eigenvalue weighted by Crippen LogP contribution is 2.26. The lowest BCUT2D eigenvalue weighted by Gasteiger charge is -2.36. The van der Waals surface area contributed by atoms with Gasteiger partial charge in [-0.2, -0.15) is 0 Å². The van der Waals surface area contributed by atoms with Crippen molar-refractivity contribution in [2.75, 3.05) is 23.8 Å². The summed E-state index contributed by atoms with van der Waals surface area (Å²) in [5, 5.41) is 3.10. The molecule has 4 heteroatoms. The topological polar surface area (TPSA) is 41.0 Å². The standard InChI is InChI=1S/C13H22N4/c1-4-11-7-5-6-8-17(11)13-9-12(14-3)15-10(2)16-13/h9,11H,4-8H2,1-3H3,(H,14,15,16)/t11-/m1/s1. The molecular weight excluding hydrogens is 212 g/mol. The van der Waals surface area contributed by atoms with Gasteiger partial charge < -0.3 is 10.2 Å². The molecule has 1 fully saturated rings. The summed E-state index contributed by atoms with van der Waals surface area (Å²) in [4.78, 5) is 11.4. The zero-order valence-electron chi connectivity index (χ0n) is 11.0. The Morgan fingerprint density at radius 3 is 2.94 bits per heavy atom. The molecule has 1 aliphatic heterocycles. The monoisotopic (exact) mass is 234 g/mol. The predicted octanol–water partition coefficient (Wildman–Crippen LogP) is 2.60. The first kappa shape index (κ1) is 12.1. The number of aromatic nitrogens is 2. The molecule has 0 unspecified atom stereocenters. The van der Waals surface area contributed by atoms with Crippen molar-refractivity contribution in [3.05, 3.63) is 11.9 Å². The van der Waals surface area contributed by atoms with E-state index in [0.717, 1.165) is 24.0 Å². The molecular formula is C13H22N4. The average molecular weight is 234 g/mol. The van der Waals surface area contributed by atoms with Crippen LogP contribution in [0.2, 0.25) is 0 Å². The minimum Gasteiger partial charge on any atom is -0.373 e. The van der Waals surface area contributed by atoms with Gasteiger partial charge in [0, 0.05) is 25.7 Å². The summed E-state index contributed by atoms with van der Waals surface area (Å²) in [6.45, 7) is 5.34. The molecule has 0 aliphatic carbocycles. The molecule has 1 saturated heterocycles. The van der Waals surface area contributed by atoms with Crippen molar-refractivity contribution in [3.8, 4) is 0 Å². The van der Waals surface area contributed by atoms with Crippen LogP contribution in [0.4, 0.5) is 11.6 Å². The molecule has 94 valence electrons. The van der Waals surface area contributed by atoms with Gasteiger partial charge in [0.25, 0.3) is 0 Å². The summed E-state index contributed by atoms with van der Waals surface area (Å²) in [7, 11) is 1.90. The first-order valence-corrected chi connectivity index (χ1v) is 6.54. The summed E-state index contributed by atoms with van der Waals surface area (Å²) in [6, 6.07) is 2.70. The largest absolute Gasteiger partial charge is 0.373 e. The third-order valence-corrected chi connectivity index (χ3v) is 3.47. The molecule has 0 spiro atoms. The molecule has 1 N–H and O–H groups in total. The summed E-state index contributed by atoms with van der Waals surface area (Å²) in [6.07, 6.45) is 5.10. The average Bonchev–Trinajstić information content (AvgIpc) is 2.37. The maximum Gasteiger partial charge on any atom is 0.134 e. The van der Waals surface area contributed by atoms with E-state index in [-0.39, 0.29) is 0 Å². The maximum absolute atomic E-state index is 4.58. The summed E-state index contributed by atoms with van der Waals surface area (Å²) >= 11 is 0. The zero-order valence-corrected chi connectivity index (χ0v) is 11.0. The summed E-state index contributed by atoms with van der Waals surface area (Å²) in [5.41, 5.74) is 0. The van der Waals surface area contributed by atoms with Gasteiger partial charge in [-0.3, -0.25) is 0 Å². The van der Waals surface area contributed by atoms with E-state index in [2.05, 4.69) is 33.2 Å². The third kappa shape index (κ3) is 2.68. The van der Waals surface area contributed by atoms with Crippen LogP contribution >= 0.6 is 0 Å². The second kappa shape index (κ2) is 5.34. The normalized spacial score (nSPS) is 20.4. The number of piperidine rings is 1. The van der Waals surface area contributed by atoms with Crippen molar-refractivity contribution >= 4 is 11.6 Å². The van der Waals surface area contributed by atoms with Gasteiger partial charge in [-0.1, -0.05) is 6.92 Å². The molecule has 0 amide bonds. The molecule has 17 heavy (non-hydrogen) atoms. The van der Waals surface area contributed by atoms with Crippen LogP contribution in [0.3, 0.4) is 0 Å². The highest BCUT2D eigenvalue weighted by molar-refractivity contribution is 5.50. The van der Waals surface area contributed by atoms with E-state index in [4.69, 9.17) is 0 Å². The van der Waals surface area contributed by atoms with Crippen molar-refractivity contribution in [1.29, 1.82) is 0 Å². The van der Waals surface area contributed by atoms with Gasteiger partial charge in [0.2, 0.25) is 0 Å². The quantitative estimate of drug-likeness (QED) is 0.872. The molecule has 1 aromatic rings. The summed E-state index contributed by atoms with van der Waals surface area (Å²) in [5.74, 6) is 2.83. The molecule has 1 aliphatic rings. The van der Waals surface area contributed by atoms with Crippen LogP contribution in [0, 0.1) is 6.92 Å². The maximum atomic E-state index is 4.58. The number of anilines is 2. The lowest BCUT2D eigenvalue weighted by atomic mass is 10.00. The van der Waals surface area contributed by atoms with Crippen LogP contribution in [-0.4, -0.2) is 29.6 Å². The Bertz CT molecular complexity index is 378. The van der Waals surface area contributed by atoms with Crippen LogP contribution in [0.5, 0.6) is 0 Å². The Morgan fingerprint density at radius 1 is 1.41 bits per heavy atom. The molecule has 1 atom stereocenters. The predicted molar refractivity (Wildman–Crippen MR) is 71.6 cm³/mol. The Morgan fingerprint density at radius 2 is 2.24 bits per heavy atom. The lowest BCUT2D eigenvalue weighted by Crippen LogP contribution is -2.39. The molecule has 2 rings (SSSR count). The van der Waals surface area contributed by atoms with Crippen molar-refractivity contribution in [2.24, 2.45) is 0 Å². The van der Waals surface area contributed by atoms with Crippen LogP contribution < -0.4 is 10.2 Å². The first-order valence-electron chi connectivity index (χ1n) is 6.54. The van der Waals surface area contributed by atoms with Gasteiger partial charge in [-0.05, 0) is 32.6 Å². The van der Waals surface area contributed by atoms with E-state index >= 15 is 0 Å². The van der Waals surface area contributed by atoms with Crippen LogP contribution in [-0.2, 0) is 0 Å². The van der Waals surface area contributed by atoms with Crippen LogP contribution in [0.25, 0.3) is 0 Å². The van der Waals surface area contributed by atoms with Gasteiger partial charge in [0.1, 0.15) is 17.5 Å². The van der Waals surface area contributed by atoms with E-state index in [1.165, 1.54) is 25.7 Å². The smallest absolute Gasteiger partial charge is 0.134 e. The highest BCUT2D eigenvalue weighted by Gasteiger charge is 2.22. The van der Waals surface area contributed by atoms with Crippen molar-refractivity contribution < 1.29 is 0 Å². The minimum absolute atomic E-state index is 0.641. The van der Waals surface area contributed by atoms with Gasteiger partial charge in [0.15, 0.2) is 0 Å². The van der Waals surface area contributed by atoms with Crippen molar-refractivity contribution in [3.63, 3.8) is 0 Å². The Kier molecular flexibility index (Phi) is 3.82. The number of hydrogen-bond donors (Lipinski definition) is 1. The molecule has 0 radical (unpaired) electrons. The molecule has 0 saturated carbocycles. The molecule has 2 heterocycles. The van der Waals surface area contributed by atoms with E-state index < -0.39 is 0 Å². The number of nitrogens with one attached hydrogen (secondary N) is 1. The second-order valence-electron chi connectivity index (χ2n) is 4.66. The second-order valence-corrected chi connectivity index (χ2v) is 4.66. The van der Waals surface area contributed by atoms with E-state index in [1.807, 2.05) is 14.0 Å². The van der Waals surface area contributed by atoms with Gasteiger partial charge in [0.05, 0.1) is 0 Å². The molecule has 0 aromatic carbocycles. The Hall–Kier alpha value is -1.32. The molecule has 1 aromatic heterocycles. The minimum atomic E-state index is 0.641.